The maximum Gasteiger partial charge on any atom is 0.188 e. The third kappa shape index (κ3) is 6.69. The van der Waals surface area contributed by atoms with Gasteiger partial charge in [-0.05, 0) is 49.1 Å². The molecular formula is C19H26N4O. The molecule has 5 heteroatoms. The van der Waals surface area contributed by atoms with Crippen molar-refractivity contribution in [2.45, 2.75) is 25.7 Å². The molecule has 0 aliphatic heterocycles. The van der Waals surface area contributed by atoms with Gasteiger partial charge in [-0.3, -0.25) is 9.98 Å². The molecule has 0 amide bonds. The number of aliphatic imine (C=N–C) groups is 1. The Morgan fingerprint density at radius 2 is 1.96 bits per heavy atom. The number of nitrogens with one attached hydrogen (secondary N) is 1. The van der Waals surface area contributed by atoms with Gasteiger partial charge in [-0.25, -0.2) is 0 Å². The Morgan fingerprint density at radius 1 is 1.12 bits per heavy atom. The summed E-state index contributed by atoms with van der Waals surface area (Å²) in [6.07, 6.45) is 5.81. The van der Waals surface area contributed by atoms with Gasteiger partial charge in [0.1, 0.15) is 5.75 Å². The van der Waals surface area contributed by atoms with Gasteiger partial charge in [0.2, 0.25) is 0 Å². The maximum atomic E-state index is 5.87. The molecule has 0 saturated heterocycles. The number of ether oxygens (including phenoxy) is 1. The standard InChI is InChI=1S/C19H26N4O/c1-24-18-10-8-16(9-11-18)6-2-4-14-22-19(20)23-15-12-17-7-3-5-13-21-17/h3,5,7-11,13H,2,4,6,12,14-15H2,1H3,(H3,20,22,23). The van der Waals surface area contributed by atoms with Gasteiger partial charge in [0, 0.05) is 31.4 Å². The molecule has 0 aliphatic rings. The quantitative estimate of drug-likeness (QED) is 0.422. The van der Waals surface area contributed by atoms with Crippen LogP contribution in [0.25, 0.3) is 0 Å². The molecule has 0 fully saturated rings. The Labute approximate surface area is 144 Å². The van der Waals surface area contributed by atoms with Gasteiger partial charge < -0.3 is 15.8 Å². The molecule has 0 bridgehead atoms. The number of nitrogens with two attached hydrogens (primary N) is 1. The molecule has 2 rings (SSSR count). The minimum Gasteiger partial charge on any atom is -0.497 e. The van der Waals surface area contributed by atoms with E-state index in [0.717, 1.165) is 50.2 Å². The number of aromatic nitrogens is 1. The number of methoxy groups -OCH3 is 1. The second-order valence-electron chi connectivity index (χ2n) is 5.57. The summed E-state index contributed by atoms with van der Waals surface area (Å²) >= 11 is 0. The van der Waals surface area contributed by atoms with Crippen LogP contribution in [0.5, 0.6) is 5.75 Å². The van der Waals surface area contributed by atoms with Crippen LogP contribution in [0.1, 0.15) is 24.1 Å². The van der Waals surface area contributed by atoms with Gasteiger partial charge in [-0.1, -0.05) is 18.2 Å². The van der Waals surface area contributed by atoms with Crippen LogP contribution < -0.4 is 15.8 Å². The van der Waals surface area contributed by atoms with E-state index in [4.69, 9.17) is 10.5 Å². The zero-order chi connectivity index (χ0) is 17.0. The molecular weight excluding hydrogens is 300 g/mol. The Kier molecular flexibility index (Phi) is 7.60. The summed E-state index contributed by atoms with van der Waals surface area (Å²) in [6, 6.07) is 14.1. The molecule has 5 nitrogen and oxygen atoms in total. The highest BCUT2D eigenvalue weighted by Crippen LogP contribution is 2.13. The maximum absolute atomic E-state index is 5.87. The topological polar surface area (TPSA) is 72.5 Å². The fraction of sp³-hybridized carbons (Fsp3) is 0.368. The lowest BCUT2D eigenvalue weighted by Gasteiger charge is -2.05. The Balaban J connectivity index is 1.57. The molecule has 1 aromatic carbocycles. The van der Waals surface area contributed by atoms with Crippen LogP contribution in [0, 0.1) is 0 Å². The minimum atomic E-state index is 0.510. The van der Waals surface area contributed by atoms with Crippen molar-refractivity contribution in [3.8, 4) is 5.75 Å². The molecule has 2 aromatic rings. The van der Waals surface area contributed by atoms with Crippen LogP contribution in [-0.2, 0) is 12.8 Å². The number of hydrogen-bond acceptors (Lipinski definition) is 3. The lowest BCUT2D eigenvalue weighted by Crippen LogP contribution is -2.33. The van der Waals surface area contributed by atoms with Crippen LogP contribution in [0.4, 0.5) is 0 Å². The van der Waals surface area contributed by atoms with Crippen LogP contribution in [0.3, 0.4) is 0 Å². The van der Waals surface area contributed by atoms with E-state index in [-0.39, 0.29) is 0 Å². The highest BCUT2D eigenvalue weighted by Gasteiger charge is 1.97. The van der Waals surface area contributed by atoms with Crippen LogP contribution in [0.15, 0.2) is 53.7 Å². The van der Waals surface area contributed by atoms with Gasteiger partial charge >= 0.3 is 0 Å². The van der Waals surface area contributed by atoms with Crippen LogP contribution >= 0.6 is 0 Å². The van der Waals surface area contributed by atoms with Gasteiger partial charge in [0.05, 0.1) is 7.11 Å². The first-order chi connectivity index (χ1) is 11.8. The predicted molar refractivity (Wildman–Crippen MR) is 98.4 cm³/mol. The second-order valence-corrected chi connectivity index (χ2v) is 5.57. The van der Waals surface area contributed by atoms with E-state index in [9.17, 15) is 0 Å². The van der Waals surface area contributed by atoms with Crippen molar-refractivity contribution in [1.29, 1.82) is 0 Å². The van der Waals surface area contributed by atoms with Crippen LogP contribution in [0.2, 0.25) is 0 Å². The number of unbranched alkanes of at least 4 members (excludes halogenated alkanes) is 1. The number of hydrogen-bond donors (Lipinski definition) is 2. The first-order valence-corrected chi connectivity index (χ1v) is 8.34. The van der Waals surface area contributed by atoms with Gasteiger partial charge in [-0.15, -0.1) is 0 Å². The third-order valence-corrected chi connectivity index (χ3v) is 3.73. The van der Waals surface area contributed by atoms with Crippen molar-refractivity contribution < 1.29 is 4.74 Å². The van der Waals surface area contributed by atoms with E-state index in [1.165, 1.54) is 5.56 Å². The summed E-state index contributed by atoms with van der Waals surface area (Å²) in [5.74, 6) is 1.41. The zero-order valence-electron chi connectivity index (χ0n) is 14.2. The molecule has 0 atom stereocenters. The van der Waals surface area contributed by atoms with Crippen LogP contribution in [-0.4, -0.2) is 31.1 Å². The molecule has 0 saturated carbocycles. The predicted octanol–water partition coefficient (Wildman–Crippen LogP) is 2.56. The van der Waals surface area contributed by atoms with Crippen molar-refractivity contribution in [1.82, 2.24) is 10.3 Å². The van der Waals surface area contributed by atoms with Gasteiger partial charge in [0.15, 0.2) is 5.96 Å². The third-order valence-electron chi connectivity index (χ3n) is 3.73. The summed E-state index contributed by atoms with van der Waals surface area (Å²) in [5, 5.41) is 3.13. The fourth-order valence-corrected chi connectivity index (χ4v) is 2.35. The van der Waals surface area contributed by atoms with Crippen molar-refractivity contribution >= 4 is 5.96 Å². The Hall–Kier alpha value is -2.56. The van der Waals surface area contributed by atoms with E-state index in [1.54, 1.807) is 13.3 Å². The lowest BCUT2D eigenvalue weighted by molar-refractivity contribution is 0.414. The average Bonchev–Trinajstić information content (AvgIpc) is 2.63. The number of nitrogens with zero attached hydrogens (tertiary/aromatic N) is 2. The molecule has 128 valence electrons. The molecule has 0 spiro atoms. The van der Waals surface area contributed by atoms with E-state index in [2.05, 4.69) is 27.4 Å². The van der Waals surface area contributed by atoms with Crippen molar-refractivity contribution in [3.05, 3.63) is 59.9 Å². The zero-order valence-corrected chi connectivity index (χ0v) is 14.2. The SMILES string of the molecule is COc1ccc(CCCCN=C(N)NCCc2ccccn2)cc1. The minimum absolute atomic E-state index is 0.510. The fourth-order valence-electron chi connectivity index (χ4n) is 2.35. The molecule has 0 radical (unpaired) electrons. The monoisotopic (exact) mass is 326 g/mol. The number of pyridine rings is 1. The molecule has 1 heterocycles. The second kappa shape index (κ2) is 10.3. The largest absolute Gasteiger partial charge is 0.497 e. The smallest absolute Gasteiger partial charge is 0.188 e. The number of benzene rings is 1. The van der Waals surface area contributed by atoms with Crippen molar-refractivity contribution in [2.75, 3.05) is 20.2 Å². The highest BCUT2D eigenvalue weighted by molar-refractivity contribution is 5.77. The molecule has 3 N–H and O–H groups in total. The lowest BCUT2D eigenvalue weighted by atomic mass is 10.1. The summed E-state index contributed by atoms with van der Waals surface area (Å²) in [5.41, 5.74) is 8.24. The number of aryl methyl sites for hydroxylation is 1. The summed E-state index contributed by atoms with van der Waals surface area (Å²) < 4.78 is 5.16. The van der Waals surface area contributed by atoms with Gasteiger partial charge in [0.25, 0.3) is 0 Å². The van der Waals surface area contributed by atoms with Crippen molar-refractivity contribution in [3.63, 3.8) is 0 Å². The molecule has 1 aromatic heterocycles. The first-order valence-electron chi connectivity index (χ1n) is 8.34. The molecule has 0 unspecified atom stereocenters. The van der Waals surface area contributed by atoms with E-state index < -0.39 is 0 Å². The highest BCUT2D eigenvalue weighted by atomic mass is 16.5. The van der Waals surface area contributed by atoms with E-state index >= 15 is 0 Å². The summed E-state index contributed by atoms with van der Waals surface area (Å²) in [4.78, 5) is 8.63. The normalized spacial score (nSPS) is 11.3. The summed E-state index contributed by atoms with van der Waals surface area (Å²) in [7, 11) is 1.68. The number of guanidine groups is 1. The molecule has 24 heavy (non-hydrogen) atoms. The Bertz CT molecular complexity index is 611. The van der Waals surface area contributed by atoms with E-state index in [0.29, 0.717) is 5.96 Å². The van der Waals surface area contributed by atoms with E-state index in [1.807, 2.05) is 30.3 Å². The average molecular weight is 326 g/mol. The number of rotatable bonds is 9. The summed E-state index contributed by atoms with van der Waals surface area (Å²) in [6.45, 7) is 1.50. The Morgan fingerprint density at radius 3 is 2.67 bits per heavy atom. The van der Waals surface area contributed by atoms with Gasteiger partial charge in [-0.2, -0.15) is 0 Å². The first kappa shape index (κ1) is 17.8. The molecule has 0 aliphatic carbocycles. The van der Waals surface area contributed by atoms with Crippen molar-refractivity contribution in [2.24, 2.45) is 10.7 Å².